The number of aliphatic hydroxyl groups excluding tert-OH is 1. The standard InChI is InChI=1S/C12H18N2O3/c1-8-4-5-11(12(6-8)14(16)17)13-10(3)9(2)7-15/h4-6,9-10,13,15H,7H2,1-3H3. The van der Waals surface area contributed by atoms with Crippen LogP contribution >= 0.6 is 0 Å². The van der Waals surface area contributed by atoms with E-state index in [4.69, 9.17) is 5.11 Å². The average Bonchev–Trinajstić information content (AvgIpc) is 2.29. The molecule has 2 unspecified atom stereocenters. The molecule has 0 heterocycles. The summed E-state index contributed by atoms with van der Waals surface area (Å²) < 4.78 is 0. The predicted molar refractivity (Wildman–Crippen MR) is 67.2 cm³/mol. The van der Waals surface area contributed by atoms with Crippen molar-refractivity contribution in [1.29, 1.82) is 0 Å². The molecule has 0 aliphatic carbocycles. The molecule has 2 atom stereocenters. The van der Waals surface area contributed by atoms with Crippen LogP contribution < -0.4 is 5.32 Å². The van der Waals surface area contributed by atoms with Gasteiger partial charge in [-0.2, -0.15) is 0 Å². The van der Waals surface area contributed by atoms with Gasteiger partial charge in [0.05, 0.1) is 4.92 Å². The number of hydrogen-bond acceptors (Lipinski definition) is 4. The highest BCUT2D eigenvalue weighted by Crippen LogP contribution is 2.26. The number of anilines is 1. The van der Waals surface area contributed by atoms with Gasteiger partial charge in [-0.15, -0.1) is 0 Å². The summed E-state index contributed by atoms with van der Waals surface area (Å²) >= 11 is 0. The summed E-state index contributed by atoms with van der Waals surface area (Å²) in [6.07, 6.45) is 0. The molecule has 0 radical (unpaired) electrons. The van der Waals surface area contributed by atoms with E-state index in [1.165, 1.54) is 0 Å². The van der Waals surface area contributed by atoms with E-state index in [0.717, 1.165) is 5.56 Å². The molecule has 0 spiro atoms. The largest absolute Gasteiger partial charge is 0.396 e. The molecule has 0 saturated carbocycles. The highest BCUT2D eigenvalue weighted by Gasteiger charge is 2.17. The van der Waals surface area contributed by atoms with Crippen molar-refractivity contribution in [3.63, 3.8) is 0 Å². The summed E-state index contributed by atoms with van der Waals surface area (Å²) in [5.41, 5.74) is 1.42. The summed E-state index contributed by atoms with van der Waals surface area (Å²) in [6.45, 7) is 5.65. The first-order valence-electron chi connectivity index (χ1n) is 5.58. The van der Waals surface area contributed by atoms with Crippen molar-refractivity contribution in [3.05, 3.63) is 33.9 Å². The highest BCUT2D eigenvalue weighted by atomic mass is 16.6. The fourth-order valence-corrected chi connectivity index (χ4v) is 1.46. The fraction of sp³-hybridized carbons (Fsp3) is 0.500. The molecule has 1 aromatic carbocycles. The van der Waals surface area contributed by atoms with Crippen LogP contribution in [0.2, 0.25) is 0 Å². The zero-order valence-corrected chi connectivity index (χ0v) is 10.3. The van der Waals surface area contributed by atoms with Crippen molar-refractivity contribution in [2.75, 3.05) is 11.9 Å². The van der Waals surface area contributed by atoms with E-state index in [1.807, 2.05) is 26.8 Å². The van der Waals surface area contributed by atoms with Gasteiger partial charge >= 0.3 is 0 Å². The zero-order chi connectivity index (χ0) is 13.0. The lowest BCUT2D eigenvalue weighted by Crippen LogP contribution is -2.26. The van der Waals surface area contributed by atoms with Gasteiger partial charge in [-0.25, -0.2) is 0 Å². The minimum absolute atomic E-state index is 0.0265. The number of hydrogen-bond donors (Lipinski definition) is 2. The maximum absolute atomic E-state index is 10.9. The molecule has 17 heavy (non-hydrogen) atoms. The lowest BCUT2D eigenvalue weighted by atomic mass is 10.0. The van der Waals surface area contributed by atoms with E-state index in [1.54, 1.807) is 12.1 Å². The van der Waals surface area contributed by atoms with Crippen LogP contribution in [0.1, 0.15) is 19.4 Å². The van der Waals surface area contributed by atoms with Gasteiger partial charge in [0, 0.05) is 18.7 Å². The zero-order valence-electron chi connectivity index (χ0n) is 10.3. The Morgan fingerprint density at radius 1 is 1.47 bits per heavy atom. The molecule has 1 aromatic rings. The van der Waals surface area contributed by atoms with Crippen LogP contribution in [0.4, 0.5) is 11.4 Å². The summed E-state index contributed by atoms with van der Waals surface area (Å²) in [7, 11) is 0. The van der Waals surface area contributed by atoms with Crippen LogP contribution in [0, 0.1) is 23.0 Å². The Labute approximate surface area is 101 Å². The van der Waals surface area contributed by atoms with Crippen molar-refractivity contribution < 1.29 is 10.0 Å². The first-order chi connectivity index (χ1) is 7.95. The highest BCUT2D eigenvalue weighted by molar-refractivity contribution is 5.62. The number of nitrogens with one attached hydrogen (secondary N) is 1. The van der Waals surface area contributed by atoms with Gasteiger partial charge in [0.15, 0.2) is 0 Å². The number of rotatable bonds is 5. The Balaban J connectivity index is 2.94. The molecule has 0 aliphatic heterocycles. The molecule has 0 saturated heterocycles. The van der Waals surface area contributed by atoms with Gasteiger partial charge in [0.2, 0.25) is 0 Å². The van der Waals surface area contributed by atoms with Crippen LogP contribution in [0.15, 0.2) is 18.2 Å². The number of nitro benzene ring substituents is 1. The molecule has 5 heteroatoms. The topological polar surface area (TPSA) is 75.4 Å². The molecule has 1 rings (SSSR count). The van der Waals surface area contributed by atoms with E-state index in [-0.39, 0.29) is 24.3 Å². The normalized spacial score (nSPS) is 14.1. The summed E-state index contributed by atoms with van der Waals surface area (Å²) in [5, 5.41) is 23.0. The lowest BCUT2D eigenvalue weighted by Gasteiger charge is -2.20. The van der Waals surface area contributed by atoms with Crippen molar-refractivity contribution in [2.45, 2.75) is 26.8 Å². The van der Waals surface area contributed by atoms with Crippen molar-refractivity contribution in [2.24, 2.45) is 5.92 Å². The second kappa shape index (κ2) is 5.63. The van der Waals surface area contributed by atoms with E-state index in [9.17, 15) is 10.1 Å². The first-order valence-corrected chi connectivity index (χ1v) is 5.58. The number of benzene rings is 1. The van der Waals surface area contributed by atoms with Crippen molar-refractivity contribution in [1.82, 2.24) is 0 Å². The second-order valence-corrected chi connectivity index (χ2v) is 4.37. The monoisotopic (exact) mass is 238 g/mol. The van der Waals surface area contributed by atoms with Gasteiger partial charge in [0.1, 0.15) is 5.69 Å². The average molecular weight is 238 g/mol. The van der Waals surface area contributed by atoms with Crippen LogP contribution in [-0.4, -0.2) is 22.7 Å². The van der Waals surface area contributed by atoms with Gasteiger partial charge < -0.3 is 10.4 Å². The van der Waals surface area contributed by atoms with Gasteiger partial charge in [-0.3, -0.25) is 10.1 Å². The lowest BCUT2D eigenvalue weighted by molar-refractivity contribution is -0.384. The SMILES string of the molecule is Cc1ccc(NC(C)C(C)CO)c([N+](=O)[O-])c1. The molecule has 0 aliphatic rings. The molecule has 5 nitrogen and oxygen atoms in total. The Kier molecular flexibility index (Phi) is 4.45. The third-order valence-corrected chi connectivity index (χ3v) is 2.87. The van der Waals surface area contributed by atoms with Crippen LogP contribution in [0.3, 0.4) is 0 Å². The fourth-order valence-electron chi connectivity index (χ4n) is 1.46. The number of aryl methyl sites for hydroxylation is 1. The first kappa shape index (κ1) is 13.4. The maximum Gasteiger partial charge on any atom is 0.292 e. The molecule has 2 N–H and O–H groups in total. The van der Waals surface area contributed by atoms with E-state index in [0.29, 0.717) is 5.69 Å². The molecular weight excluding hydrogens is 220 g/mol. The quantitative estimate of drug-likeness (QED) is 0.609. The third kappa shape index (κ3) is 3.42. The smallest absolute Gasteiger partial charge is 0.292 e. The molecular formula is C12H18N2O3. The molecule has 0 amide bonds. The van der Waals surface area contributed by atoms with Crippen molar-refractivity contribution in [3.8, 4) is 0 Å². The number of aliphatic hydroxyl groups is 1. The molecule has 94 valence electrons. The number of nitro groups is 1. The predicted octanol–water partition coefficient (Wildman–Crippen LogP) is 2.33. The van der Waals surface area contributed by atoms with Gasteiger partial charge in [0.25, 0.3) is 5.69 Å². The third-order valence-electron chi connectivity index (χ3n) is 2.87. The second-order valence-electron chi connectivity index (χ2n) is 4.37. The van der Waals surface area contributed by atoms with Gasteiger partial charge in [-0.1, -0.05) is 13.0 Å². The Morgan fingerprint density at radius 2 is 2.12 bits per heavy atom. The van der Waals surface area contributed by atoms with E-state index >= 15 is 0 Å². The maximum atomic E-state index is 10.9. The Hall–Kier alpha value is -1.62. The minimum Gasteiger partial charge on any atom is -0.396 e. The molecule has 0 bridgehead atoms. The summed E-state index contributed by atoms with van der Waals surface area (Å²) in [4.78, 5) is 10.5. The summed E-state index contributed by atoms with van der Waals surface area (Å²) in [6, 6.07) is 5.04. The van der Waals surface area contributed by atoms with Crippen LogP contribution in [-0.2, 0) is 0 Å². The summed E-state index contributed by atoms with van der Waals surface area (Å²) in [5.74, 6) is 0.0379. The minimum atomic E-state index is -0.397. The van der Waals surface area contributed by atoms with E-state index < -0.39 is 4.92 Å². The Morgan fingerprint density at radius 3 is 2.65 bits per heavy atom. The number of nitrogens with zero attached hydrogens (tertiary/aromatic N) is 1. The van der Waals surface area contributed by atoms with E-state index in [2.05, 4.69) is 5.32 Å². The van der Waals surface area contributed by atoms with Crippen molar-refractivity contribution >= 4 is 11.4 Å². The van der Waals surface area contributed by atoms with Crippen LogP contribution in [0.5, 0.6) is 0 Å². The van der Waals surface area contributed by atoms with Gasteiger partial charge in [-0.05, 0) is 31.4 Å². The Bertz CT molecular complexity index is 407. The molecule has 0 fully saturated rings. The van der Waals surface area contributed by atoms with Crippen LogP contribution in [0.25, 0.3) is 0 Å². The molecule has 0 aromatic heterocycles.